The van der Waals surface area contributed by atoms with Crippen LogP contribution in [0.2, 0.25) is 0 Å². The van der Waals surface area contributed by atoms with E-state index in [0.717, 1.165) is 25.9 Å². The highest BCUT2D eigenvalue weighted by atomic mass is 32.2. The van der Waals surface area contributed by atoms with E-state index in [1.165, 1.54) is 4.31 Å². The van der Waals surface area contributed by atoms with Crippen LogP contribution in [0.3, 0.4) is 0 Å². The van der Waals surface area contributed by atoms with Gasteiger partial charge in [0.15, 0.2) is 0 Å². The van der Waals surface area contributed by atoms with Gasteiger partial charge in [-0.3, -0.25) is 4.79 Å². The fourth-order valence-electron chi connectivity index (χ4n) is 2.96. The highest BCUT2D eigenvalue weighted by molar-refractivity contribution is 7.89. The fraction of sp³-hybridized carbons (Fsp3) is 0.923. The molecule has 0 radical (unpaired) electrons. The molecule has 116 valence electrons. The van der Waals surface area contributed by atoms with E-state index in [1.807, 2.05) is 6.92 Å². The van der Waals surface area contributed by atoms with Crippen LogP contribution >= 0.6 is 0 Å². The summed E-state index contributed by atoms with van der Waals surface area (Å²) in [7, 11) is -3.30. The summed E-state index contributed by atoms with van der Waals surface area (Å²) < 4.78 is 26.1. The Hall–Kier alpha value is -0.660. The zero-order chi connectivity index (χ0) is 14.6. The van der Waals surface area contributed by atoms with Crippen LogP contribution in [0.1, 0.15) is 32.6 Å². The highest BCUT2D eigenvalue weighted by Crippen LogP contribution is 2.23. The Morgan fingerprint density at radius 3 is 2.55 bits per heavy atom. The molecule has 0 aromatic carbocycles. The molecule has 7 heteroatoms. The number of carbonyl (C=O) groups is 1. The van der Waals surface area contributed by atoms with Crippen molar-refractivity contribution in [3.05, 3.63) is 0 Å². The minimum absolute atomic E-state index is 0.00845. The van der Waals surface area contributed by atoms with E-state index in [4.69, 9.17) is 0 Å². The number of piperazine rings is 1. The zero-order valence-corrected chi connectivity index (χ0v) is 13.0. The van der Waals surface area contributed by atoms with Crippen LogP contribution < -0.4 is 5.32 Å². The second-order valence-corrected chi connectivity index (χ2v) is 7.55. The summed E-state index contributed by atoms with van der Waals surface area (Å²) in [6.07, 6.45) is 3.04. The molecule has 2 aliphatic heterocycles. The Morgan fingerprint density at radius 1 is 1.20 bits per heavy atom. The number of hydrogen-bond acceptors (Lipinski definition) is 4. The minimum atomic E-state index is -3.30. The van der Waals surface area contributed by atoms with Crippen LogP contribution in [0, 0.1) is 0 Å². The zero-order valence-electron chi connectivity index (χ0n) is 12.2. The number of piperidine rings is 1. The molecule has 0 aromatic rings. The second-order valence-electron chi connectivity index (χ2n) is 5.51. The van der Waals surface area contributed by atoms with Gasteiger partial charge in [0, 0.05) is 32.7 Å². The molecule has 0 spiro atoms. The van der Waals surface area contributed by atoms with Gasteiger partial charge in [-0.25, -0.2) is 8.42 Å². The molecule has 2 fully saturated rings. The number of hydrogen-bond donors (Lipinski definition) is 1. The summed E-state index contributed by atoms with van der Waals surface area (Å²) in [4.78, 5) is 14.4. The fourth-order valence-corrected chi connectivity index (χ4v) is 4.70. The van der Waals surface area contributed by atoms with Gasteiger partial charge in [0.1, 0.15) is 6.04 Å². The molecule has 2 rings (SSSR count). The van der Waals surface area contributed by atoms with Gasteiger partial charge in [0.25, 0.3) is 0 Å². The standard InChI is InChI=1S/C13H25N3O3S/c1-2-11-20(18,19)16-8-4-3-5-12(16)13(17)15-9-6-14-7-10-15/h12,14H,2-11H2,1H3. The molecule has 20 heavy (non-hydrogen) atoms. The van der Waals surface area contributed by atoms with E-state index >= 15 is 0 Å². The van der Waals surface area contributed by atoms with Gasteiger partial charge in [-0.1, -0.05) is 13.3 Å². The molecule has 0 aliphatic carbocycles. The molecule has 0 bridgehead atoms. The van der Waals surface area contributed by atoms with Crippen LogP contribution in [0.25, 0.3) is 0 Å². The van der Waals surface area contributed by atoms with Crippen molar-refractivity contribution >= 4 is 15.9 Å². The van der Waals surface area contributed by atoms with Crippen molar-refractivity contribution in [1.29, 1.82) is 0 Å². The normalized spacial score (nSPS) is 25.6. The van der Waals surface area contributed by atoms with Gasteiger partial charge in [-0.15, -0.1) is 0 Å². The Kier molecular flexibility index (Phi) is 5.40. The third-order valence-electron chi connectivity index (χ3n) is 3.99. The number of amides is 1. The third-order valence-corrected chi connectivity index (χ3v) is 6.06. The molecule has 1 N–H and O–H groups in total. The van der Waals surface area contributed by atoms with E-state index in [2.05, 4.69) is 5.32 Å². The average Bonchev–Trinajstić information content (AvgIpc) is 2.47. The average molecular weight is 303 g/mol. The van der Waals surface area contributed by atoms with Crippen LogP contribution in [-0.4, -0.2) is 68.0 Å². The molecule has 2 aliphatic rings. The smallest absolute Gasteiger partial charge is 0.241 e. The lowest BCUT2D eigenvalue weighted by Gasteiger charge is -2.38. The van der Waals surface area contributed by atoms with Crippen LogP contribution in [0.4, 0.5) is 0 Å². The Balaban J connectivity index is 2.11. The number of sulfonamides is 1. The van der Waals surface area contributed by atoms with E-state index < -0.39 is 16.1 Å². The molecule has 1 amide bonds. The highest BCUT2D eigenvalue weighted by Gasteiger charge is 2.38. The number of rotatable bonds is 4. The van der Waals surface area contributed by atoms with Crippen molar-refractivity contribution < 1.29 is 13.2 Å². The lowest BCUT2D eigenvalue weighted by atomic mass is 10.0. The van der Waals surface area contributed by atoms with Crippen molar-refractivity contribution in [1.82, 2.24) is 14.5 Å². The molecule has 2 heterocycles. The van der Waals surface area contributed by atoms with Gasteiger partial charge < -0.3 is 10.2 Å². The lowest BCUT2D eigenvalue weighted by molar-refractivity contribution is -0.136. The van der Waals surface area contributed by atoms with Crippen molar-refractivity contribution in [2.75, 3.05) is 38.5 Å². The van der Waals surface area contributed by atoms with Gasteiger partial charge in [-0.05, 0) is 19.3 Å². The first-order chi connectivity index (χ1) is 9.56. The van der Waals surface area contributed by atoms with E-state index in [1.54, 1.807) is 4.90 Å². The molecule has 2 saturated heterocycles. The maximum Gasteiger partial charge on any atom is 0.241 e. The second kappa shape index (κ2) is 6.87. The molecule has 6 nitrogen and oxygen atoms in total. The molecular weight excluding hydrogens is 278 g/mol. The minimum Gasteiger partial charge on any atom is -0.339 e. The summed E-state index contributed by atoms with van der Waals surface area (Å²) in [6.45, 7) is 5.29. The quantitative estimate of drug-likeness (QED) is 0.794. The summed E-state index contributed by atoms with van der Waals surface area (Å²) in [5.41, 5.74) is 0. The number of nitrogens with one attached hydrogen (secondary N) is 1. The van der Waals surface area contributed by atoms with Crippen molar-refractivity contribution in [3.8, 4) is 0 Å². The SMILES string of the molecule is CCCS(=O)(=O)N1CCCCC1C(=O)N1CCNCC1. The summed E-state index contributed by atoms with van der Waals surface area (Å²) in [6, 6.07) is -0.474. The molecule has 0 aromatic heterocycles. The predicted molar refractivity (Wildman–Crippen MR) is 77.9 cm³/mol. The summed E-state index contributed by atoms with van der Waals surface area (Å²) >= 11 is 0. The van der Waals surface area contributed by atoms with Gasteiger partial charge in [0.05, 0.1) is 5.75 Å². The largest absolute Gasteiger partial charge is 0.339 e. The summed E-state index contributed by atoms with van der Waals surface area (Å²) in [5.74, 6) is 0.129. The maximum atomic E-state index is 12.6. The molecule has 1 atom stereocenters. The van der Waals surface area contributed by atoms with E-state index in [-0.39, 0.29) is 11.7 Å². The first kappa shape index (κ1) is 15.7. The van der Waals surface area contributed by atoms with Crippen LogP contribution in [-0.2, 0) is 14.8 Å². The van der Waals surface area contributed by atoms with Crippen molar-refractivity contribution in [2.24, 2.45) is 0 Å². The predicted octanol–water partition coefficient (Wildman–Crippen LogP) is 0.0125. The molecule has 0 saturated carbocycles. The first-order valence-corrected chi connectivity index (χ1v) is 9.16. The summed E-state index contributed by atoms with van der Waals surface area (Å²) in [5, 5.41) is 3.21. The topological polar surface area (TPSA) is 69.7 Å². The van der Waals surface area contributed by atoms with Crippen LogP contribution in [0.15, 0.2) is 0 Å². The Labute approximate surface area is 121 Å². The van der Waals surface area contributed by atoms with Crippen molar-refractivity contribution in [2.45, 2.75) is 38.6 Å². The number of nitrogens with zero attached hydrogens (tertiary/aromatic N) is 2. The van der Waals surface area contributed by atoms with E-state index in [0.29, 0.717) is 32.5 Å². The third kappa shape index (κ3) is 3.51. The molecular formula is C13H25N3O3S. The maximum absolute atomic E-state index is 12.6. The van der Waals surface area contributed by atoms with E-state index in [9.17, 15) is 13.2 Å². The monoisotopic (exact) mass is 303 g/mol. The Morgan fingerprint density at radius 2 is 1.90 bits per heavy atom. The van der Waals surface area contributed by atoms with Gasteiger partial charge >= 0.3 is 0 Å². The van der Waals surface area contributed by atoms with Gasteiger partial charge in [-0.2, -0.15) is 4.31 Å². The Bertz CT molecular complexity index is 432. The first-order valence-electron chi connectivity index (χ1n) is 7.55. The molecule has 1 unspecified atom stereocenters. The number of carbonyl (C=O) groups excluding carboxylic acids is 1. The van der Waals surface area contributed by atoms with Crippen molar-refractivity contribution in [3.63, 3.8) is 0 Å². The lowest BCUT2D eigenvalue weighted by Crippen LogP contribution is -2.56. The van der Waals surface area contributed by atoms with Crippen LogP contribution in [0.5, 0.6) is 0 Å². The van der Waals surface area contributed by atoms with Gasteiger partial charge in [0.2, 0.25) is 15.9 Å².